The molecule has 4 rings (SSSR count). The summed E-state index contributed by atoms with van der Waals surface area (Å²) in [6.45, 7) is 0.775. The number of carbonyl (C=O) groups excluding carboxylic acids is 3. The van der Waals surface area contributed by atoms with Crippen LogP contribution in [0.5, 0.6) is 0 Å². The first-order chi connectivity index (χ1) is 13.6. The Balaban J connectivity index is 1.45. The van der Waals surface area contributed by atoms with Crippen molar-refractivity contribution in [1.29, 1.82) is 0 Å². The molecule has 0 radical (unpaired) electrons. The Morgan fingerprint density at radius 2 is 2.14 bits per heavy atom. The van der Waals surface area contributed by atoms with Gasteiger partial charge < -0.3 is 10.1 Å². The van der Waals surface area contributed by atoms with E-state index in [-0.39, 0.29) is 29.3 Å². The number of nitrogens with one attached hydrogen (secondary N) is 2. The molecule has 0 saturated carbocycles. The second-order valence-corrected chi connectivity index (χ2v) is 7.16. The average Bonchev–Trinajstić information content (AvgIpc) is 3.26. The lowest BCUT2D eigenvalue weighted by molar-refractivity contribution is 0.0638. The lowest BCUT2D eigenvalue weighted by Gasteiger charge is -2.22. The average molecular weight is 382 g/mol. The monoisotopic (exact) mass is 382 g/mol. The molecule has 1 atom stereocenters. The minimum absolute atomic E-state index is 0.0107. The molecule has 2 aliphatic rings. The molecular weight excluding hydrogens is 360 g/mol. The summed E-state index contributed by atoms with van der Waals surface area (Å²) in [4.78, 5) is 38.9. The van der Waals surface area contributed by atoms with E-state index in [1.807, 2.05) is 6.20 Å². The zero-order valence-electron chi connectivity index (χ0n) is 15.7. The minimum Gasteiger partial charge on any atom is -0.385 e. The van der Waals surface area contributed by atoms with E-state index in [1.54, 1.807) is 19.2 Å². The van der Waals surface area contributed by atoms with Crippen LogP contribution < -0.4 is 5.32 Å². The van der Waals surface area contributed by atoms with E-state index < -0.39 is 0 Å². The quantitative estimate of drug-likeness (QED) is 0.579. The number of carbonyl (C=O) groups is 3. The number of benzene rings is 1. The third-order valence-electron chi connectivity index (χ3n) is 5.32. The summed E-state index contributed by atoms with van der Waals surface area (Å²) in [5.74, 6) is -0.915. The number of aromatic amines is 1. The molecule has 28 heavy (non-hydrogen) atoms. The van der Waals surface area contributed by atoms with Gasteiger partial charge in [-0.05, 0) is 43.0 Å². The lowest BCUT2D eigenvalue weighted by Crippen LogP contribution is -2.38. The van der Waals surface area contributed by atoms with Gasteiger partial charge in [-0.3, -0.25) is 24.4 Å². The number of fused-ring (bicyclic) bond motifs is 2. The Hall–Kier alpha value is -3.00. The number of aromatic nitrogens is 2. The first-order valence-corrected chi connectivity index (χ1v) is 9.39. The summed E-state index contributed by atoms with van der Waals surface area (Å²) in [5, 5.41) is 10.0. The summed E-state index contributed by atoms with van der Waals surface area (Å²) in [5.41, 5.74) is 3.26. The Morgan fingerprint density at radius 1 is 1.32 bits per heavy atom. The number of ether oxygens (including phenoxy) is 1. The molecule has 2 aromatic rings. The van der Waals surface area contributed by atoms with Crippen LogP contribution >= 0.6 is 0 Å². The van der Waals surface area contributed by atoms with Gasteiger partial charge in [0.05, 0.1) is 17.3 Å². The smallest absolute Gasteiger partial charge is 0.261 e. The topological polar surface area (TPSA) is 104 Å². The summed E-state index contributed by atoms with van der Waals surface area (Å²) in [6, 6.07) is 4.69. The van der Waals surface area contributed by atoms with Crippen LogP contribution in [0, 0.1) is 0 Å². The number of amides is 3. The van der Waals surface area contributed by atoms with Crippen molar-refractivity contribution in [2.24, 2.45) is 0 Å². The van der Waals surface area contributed by atoms with E-state index in [0.717, 1.165) is 18.5 Å². The predicted molar refractivity (Wildman–Crippen MR) is 100 cm³/mol. The van der Waals surface area contributed by atoms with E-state index in [9.17, 15) is 14.4 Å². The molecule has 1 aromatic carbocycles. The number of hydrogen-bond acceptors (Lipinski definition) is 5. The predicted octanol–water partition coefficient (Wildman–Crippen LogP) is 1.33. The van der Waals surface area contributed by atoms with Crippen LogP contribution in [0.2, 0.25) is 0 Å². The molecule has 8 nitrogen and oxygen atoms in total. The molecule has 0 fully saturated rings. The maximum Gasteiger partial charge on any atom is 0.261 e. The van der Waals surface area contributed by atoms with Crippen LogP contribution in [0.15, 0.2) is 24.4 Å². The normalized spacial score (nSPS) is 18.2. The van der Waals surface area contributed by atoms with Gasteiger partial charge in [0.1, 0.15) is 0 Å². The van der Waals surface area contributed by atoms with Gasteiger partial charge >= 0.3 is 0 Å². The summed E-state index contributed by atoms with van der Waals surface area (Å²) < 4.78 is 4.98. The fourth-order valence-electron chi connectivity index (χ4n) is 3.80. The maximum absolute atomic E-state index is 12.7. The van der Waals surface area contributed by atoms with E-state index in [2.05, 4.69) is 15.5 Å². The van der Waals surface area contributed by atoms with E-state index in [4.69, 9.17) is 4.74 Å². The van der Waals surface area contributed by atoms with Crippen molar-refractivity contribution < 1.29 is 19.1 Å². The van der Waals surface area contributed by atoms with Gasteiger partial charge in [-0.25, -0.2) is 0 Å². The highest BCUT2D eigenvalue weighted by Crippen LogP contribution is 2.25. The summed E-state index contributed by atoms with van der Waals surface area (Å²) >= 11 is 0. The molecular formula is C20H22N4O4. The highest BCUT2D eigenvalue weighted by atomic mass is 16.5. The Labute approximate surface area is 162 Å². The summed E-state index contributed by atoms with van der Waals surface area (Å²) in [7, 11) is 1.58. The largest absolute Gasteiger partial charge is 0.385 e. The maximum atomic E-state index is 12.7. The van der Waals surface area contributed by atoms with Crippen LogP contribution in [-0.4, -0.2) is 59.1 Å². The van der Waals surface area contributed by atoms with E-state index in [1.165, 1.54) is 16.5 Å². The molecule has 1 aromatic heterocycles. The first kappa shape index (κ1) is 18.4. The molecule has 2 N–H and O–H groups in total. The van der Waals surface area contributed by atoms with Gasteiger partial charge in [-0.15, -0.1) is 0 Å². The second kappa shape index (κ2) is 7.55. The van der Waals surface area contributed by atoms with Crippen molar-refractivity contribution in [3.8, 4) is 0 Å². The Kier molecular flexibility index (Phi) is 4.95. The standard InChI is InChI=1S/C20H22N4O4/c1-28-8-2-7-24-19(26)15-6-4-12(9-16(15)20(24)27)18(25)22-14-5-3-13-11-21-23-17(13)10-14/h4,6,9,11,14H,2-3,5,7-8,10H2,1H3,(H,21,23)(H,22,25). The van der Waals surface area contributed by atoms with Crippen LogP contribution in [0.25, 0.3) is 0 Å². The van der Waals surface area contributed by atoms with Crippen molar-refractivity contribution in [3.63, 3.8) is 0 Å². The second-order valence-electron chi connectivity index (χ2n) is 7.16. The van der Waals surface area contributed by atoms with E-state index >= 15 is 0 Å². The van der Waals surface area contributed by atoms with Gasteiger partial charge in [0.15, 0.2) is 0 Å². The van der Waals surface area contributed by atoms with Crippen LogP contribution in [0.3, 0.4) is 0 Å². The fraction of sp³-hybridized carbons (Fsp3) is 0.400. The zero-order chi connectivity index (χ0) is 19.7. The highest BCUT2D eigenvalue weighted by Gasteiger charge is 2.35. The Bertz CT molecular complexity index is 936. The van der Waals surface area contributed by atoms with Gasteiger partial charge in [0.2, 0.25) is 0 Å². The molecule has 146 valence electrons. The van der Waals surface area contributed by atoms with Crippen molar-refractivity contribution >= 4 is 17.7 Å². The first-order valence-electron chi connectivity index (χ1n) is 9.39. The van der Waals surface area contributed by atoms with Crippen LogP contribution in [0.4, 0.5) is 0 Å². The summed E-state index contributed by atoms with van der Waals surface area (Å²) in [6.07, 6.45) is 4.82. The third-order valence-corrected chi connectivity index (χ3v) is 5.32. The molecule has 1 aliphatic heterocycles. The molecule has 1 unspecified atom stereocenters. The third kappa shape index (κ3) is 3.31. The van der Waals surface area contributed by atoms with Crippen molar-refractivity contribution in [2.75, 3.05) is 20.3 Å². The SMILES string of the molecule is COCCCN1C(=O)c2ccc(C(=O)NC3CCc4cn[nH]c4C3)cc2C1=O. The van der Waals surface area contributed by atoms with Crippen molar-refractivity contribution in [3.05, 3.63) is 52.3 Å². The highest BCUT2D eigenvalue weighted by molar-refractivity contribution is 6.22. The molecule has 0 saturated heterocycles. The number of rotatable bonds is 6. The van der Waals surface area contributed by atoms with Crippen LogP contribution in [0.1, 0.15) is 55.2 Å². The fourth-order valence-corrected chi connectivity index (χ4v) is 3.80. The van der Waals surface area contributed by atoms with E-state index in [0.29, 0.717) is 37.1 Å². The molecule has 2 heterocycles. The molecule has 3 amide bonds. The lowest BCUT2D eigenvalue weighted by atomic mass is 9.93. The van der Waals surface area contributed by atoms with Gasteiger partial charge in [0.25, 0.3) is 17.7 Å². The number of methoxy groups -OCH3 is 1. The number of aryl methyl sites for hydroxylation is 1. The zero-order valence-corrected chi connectivity index (χ0v) is 15.7. The van der Waals surface area contributed by atoms with Gasteiger partial charge in [-0.1, -0.05) is 0 Å². The molecule has 0 bridgehead atoms. The van der Waals surface area contributed by atoms with Crippen molar-refractivity contribution in [1.82, 2.24) is 20.4 Å². The van der Waals surface area contributed by atoms with Gasteiger partial charge in [-0.2, -0.15) is 5.10 Å². The molecule has 8 heteroatoms. The number of H-pyrrole nitrogens is 1. The van der Waals surface area contributed by atoms with Crippen molar-refractivity contribution in [2.45, 2.75) is 31.7 Å². The number of imide groups is 1. The van der Waals surface area contributed by atoms with Gasteiger partial charge in [0, 0.05) is 44.0 Å². The minimum atomic E-state index is -0.356. The molecule has 0 spiro atoms. The van der Waals surface area contributed by atoms with Crippen LogP contribution in [-0.2, 0) is 17.6 Å². The Morgan fingerprint density at radius 3 is 2.96 bits per heavy atom. The number of nitrogens with zero attached hydrogens (tertiary/aromatic N) is 2. The number of hydrogen-bond donors (Lipinski definition) is 2. The molecule has 1 aliphatic carbocycles.